The standard InChI is InChI=1S/C13H20N2O4S/c1-9(8-14)3-6-13(17)15-11-7-10(20(2,18)19)4-5-12(11)16/h4-5,7,9,16H,3,6,8,14H2,1-2H3,(H,15,17). The monoisotopic (exact) mass is 300 g/mol. The highest BCUT2D eigenvalue weighted by Crippen LogP contribution is 2.26. The van der Waals surface area contributed by atoms with Crippen LogP contribution in [-0.2, 0) is 14.6 Å². The number of hydrogen-bond donors (Lipinski definition) is 3. The lowest BCUT2D eigenvalue weighted by molar-refractivity contribution is -0.116. The molecule has 1 aromatic rings. The molecular formula is C13H20N2O4S. The van der Waals surface area contributed by atoms with Crippen LogP contribution in [-0.4, -0.2) is 32.2 Å². The molecule has 0 fully saturated rings. The van der Waals surface area contributed by atoms with Gasteiger partial charge in [0.05, 0.1) is 10.6 Å². The lowest BCUT2D eigenvalue weighted by Gasteiger charge is -2.10. The molecule has 20 heavy (non-hydrogen) atoms. The number of carbonyl (C=O) groups excluding carboxylic acids is 1. The molecule has 0 saturated carbocycles. The first-order valence-corrected chi connectivity index (χ1v) is 8.16. The van der Waals surface area contributed by atoms with E-state index in [0.29, 0.717) is 13.0 Å². The fraction of sp³-hybridized carbons (Fsp3) is 0.462. The highest BCUT2D eigenvalue weighted by Gasteiger charge is 2.13. The Labute approximate surface area is 118 Å². The number of aromatic hydroxyl groups is 1. The summed E-state index contributed by atoms with van der Waals surface area (Å²) in [5.41, 5.74) is 5.56. The third-order valence-corrected chi connectivity index (χ3v) is 4.05. The molecule has 6 nitrogen and oxygen atoms in total. The molecule has 1 amide bonds. The molecule has 0 heterocycles. The number of phenolic OH excluding ortho intramolecular Hbond substituents is 1. The lowest BCUT2D eigenvalue weighted by atomic mass is 10.1. The van der Waals surface area contributed by atoms with Crippen LogP contribution < -0.4 is 11.1 Å². The number of carbonyl (C=O) groups is 1. The molecular weight excluding hydrogens is 280 g/mol. The molecule has 112 valence electrons. The maximum absolute atomic E-state index is 11.7. The maximum Gasteiger partial charge on any atom is 0.224 e. The van der Waals surface area contributed by atoms with E-state index in [4.69, 9.17) is 5.73 Å². The van der Waals surface area contributed by atoms with Gasteiger partial charge in [-0.3, -0.25) is 4.79 Å². The van der Waals surface area contributed by atoms with Crippen LogP contribution in [0.25, 0.3) is 0 Å². The summed E-state index contributed by atoms with van der Waals surface area (Å²) in [6.07, 6.45) is 1.96. The van der Waals surface area contributed by atoms with E-state index in [1.54, 1.807) is 0 Å². The number of amides is 1. The molecule has 1 aromatic carbocycles. The van der Waals surface area contributed by atoms with Crippen molar-refractivity contribution in [3.8, 4) is 5.75 Å². The largest absolute Gasteiger partial charge is 0.506 e. The topological polar surface area (TPSA) is 109 Å². The summed E-state index contributed by atoms with van der Waals surface area (Å²) in [6.45, 7) is 2.44. The first kappa shape index (κ1) is 16.5. The zero-order chi connectivity index (χ0) is 15.3. The fourth-order valence-electron chi connectivity index (χ4n) is 1.55. The third kappa shape index (κ3) is 4.82. The quantitative estimate of drug-likeness (QED) is 0.682. The van der Waals surface area contributed by atoms with Gasteiger partial charge in [-0.25, -0.2) is 8.42 Å². The summed E-state index contributed by atoms with van der Waals surface area (Å²) >= 11 is 0. The lowest BCUT2D eigenvalue weighted by Crippen LogP contribution is -2.16. The van der Waals surface area contributed by atoms with Crippen LogP contribution in [0, 0.1) is 5.92 Å². The van der Waals surface area contributed by atoms with E-state index in [-0.39, 0.29) is 34.6 Å². The average molecular weight is 300 g/mol. The predicted molar refractivity (Wildman–Crippen MR) is 77.3 cm³/mol. The van der Waals surface area contributed by atoms with Crippen LogP contribution >= 0.6 is 0 Å². The van der Waals surface area contributed by atoms with Gasteiger partial charge >= 0.3 is 0 Å². The van der Waals surface area contributed by atoms with Gasteiger partial charge in [0.1, 0.15) is 5.75 Å². The zero-order valence-corrected chi connectivity index (χ0v) is 12.4. The van der Waals surface area contributed by atoms with Crippen LogP contribution in [0.4, 0.5) is 5.69 Å². The van der Waals surface area contributed by atoms with Gasteiger partial charge in [0.25, 0.3) is 0 Å². The smallest absolute Gasteiger partial charge is 0.224 e. The summed E-state index contributed by atoms with van der Waals surface area (Å²) < 4.78 is 22.9. The minimum absolute atomic E-state index is 0.0425. The molecule has 7 heteroatoms. The van der Waals surface area contributed by atoms with Gasteiger partial charge in [0.15, 0.2) is 9.84 Å². The number of nitrogens with two attached hydrogens (primary N) is 1. The van der Waals surface area contributed by atoms with Gasteiger partial charge in [-0.2, -0.15) is 0 Å². The van der Waals surface area contributed by atoms with Crippen LogP contribution in [0.2, 0.25) is 0 Å². The van der Waals surface area contributed by atoms with Gasteiger partial charge in [0, 0.05) is 12.7 Å². The van der Waals surface area contributed by atoms with E-state index in [9.17, 15) is 18.3 Å². The Kier molecular flexibility index (Phi) is 5.52. The van der Waals surface area contributed by atoms with Crippen molar-refractivity contribution in [1.82, 2.24) is 0 Å². The molecule has 4 N–H and O–H groups in total. The second kappa shape index (κ2) is 6.71. The SMILES string of the molecule is CC(CN)CCC(=O)Nc1cc(S(C)(=O)=O)ccc1O. The molecule has 1 unspecified atom stereocenters. The number of rotatable bonds is 6. The van der Waals surface area contributed by atoms with Crippen molar-refractivity contribution in [3.63, 3.8) is 0 Å². The first-order valence-electron chi connectivity index (χ1n) is 6.27. The Balaban J connectivity index is 2.79. The van der Waals surface area contributed by atoms with Crippen molar-refractivity contribution in [3.05, 3.63) is 18.2 Å². The van der Waals surface area contributed by atoms with Crippen molar-refractivity contribution >= 4 is 21.4 Å². The average Bonchev–Trinajstić information content (AvgIpc) is 2.37. The van der Waals surface area contributed by atoms with Crippen molar-refractivity contribution in [2.45, 2.75) is 24.7 Å². The van der Waals surface area contributed by atoms with Crippen molar-refractivity contribution in [2.75, 3.05) is 18.1 Å². The van der Waals surface area contributed by atoms with Gasteiger partial charge in [0.2, 0.25) is 5.91 Å². The van der Waals surface area contributed by atoms with Gasteiger partial charge < -0.3 is 16.2 Å². The highest BCUT2D eigenvalue weighted by molar-refractivity contribution is 7.90. The summed E-state index contributed by atoms with van der Waals surface area (Å²) in [5, 5.41) is 12.2. The number of anilines is 1. The Morgan fingerprint density at radius 3 is 2.65 bits per heavy atom. The van der Waals surface area contributed by atoms with Crippen LogP contribution in [0.5, 0.6) is 5.75 Å². The molecule has 0 radical (unpaired) electrons. The Morgan fingerprint density at radius 1 is 1.45 bits per heavy atom. The van der Waals surface area contributed by atoms with E-state index in [0.717, 1.165) is 6.26 Å². The number of hydrogen-bond acceptors (Lipinski definition) is 5. The van der Waals surface area contributed by atoms with Crippen molar-refractivity contribution in [1.29, 1.82) is 0 Å². The molecule has 1 rings (SSSR count). The molecule has 0 saturated heterocycles. The summed E-state index contributed by atoms with van der Waals surface area (Å²) in [4.78, 5) is 11.8. The van der Waals surface area contributed by atoms with E-state index >= 15 is 0 Å². The van der Waals surface area contributed by atoms with Gasteiger partial charge in [-0.15, -0.1) is 0 Å². The minimum atomic E-state index is -3.39. The summed E-state index contributed by atoms with van der Waals surface area (Å²) in [6, 6.07) is 3.78. The number of benzene rings is 1. The van der Waals surface area contributed by atoms with Gasteiger partial charge in [-0.1, -0.05) is 6.92 Å². The molecule has 1 atom stereocenters. The normalized spacial score (nSPS) is 12.9. The summed E-state index contributed by atoms with van der Waals surface area (Å²) in [5.74, 6) is -0.222. The van der Waals surface area contributed by atoms with E-state index in [1.165, 1.54) is 18.2 Å². The highest BCUT2D eigenvalue weighted by atomic mass is 32.2. The predicted octanol–water partition coefficient (Wildman–Crippen LogP) is 1.11. The van der Waals surface area contributed by atoms with E-state index < -0.39 is 9.84 Å². The molecule has 0 spiro atoms. The maximum atomic E-state index is 11.7. The van der Waals surface area contributed by atoms with Crippen LogP contribution in [0.3, 0.4) is 0 Å². The summed E-state index contributed by atoms with van der Waals surface area (Å²) in [7, 11) is -3.39. The zero-order valence-electron chi connectivity index (χ0n) is 11.6. The third-order valence-electron chi connectivity index (χ3n) is 2.94. The Morgan fingerprint density at radius 2 is 2.10 bits per heavy atom. The minimum Gasteiger partial charge on any atom is -0.506 e. The molecule has 0 aliphatic heterocycles. The number of phenols is 1. The molecule has 0 bridgehead atoms. The fourth-order valence-corrected chi connectivity index (χ4v) is 2.20. The second-order valence-electron chi connectivity index (χ2n) is 4.88. The van der Waals surface area contributed by atoms with Crippen molar-refractivity contribution in [2.24, 2.45) is 11.7 Å². The second-order valence-corrected chi connectivity index (χ2v) is 6.89. The van der Waals surface area contributed by atoms with E-state index in [2.05, 4.69) is 5.32 Å². The number of sulfone groups is 1. The first-order chi connectivity index (χ1) is 9.24. The number of nitrogens with one attached hydrogen (secondary N) is 1. The van der Waals surface area contributed by atoms with Crippen molar-refractivity contribution < 1.29 is 18.3 Å². The van der Waals surface area contributed by atoms with Crippen LogP contribution in [0.15, 0.2) is 23.1 Å². The van der Waals surface area contributed by atoms with Gasteiger partial charge in [-0.05, 0) is 37.1 Å². The molecule has 0 aromatic heterocycles. The van der Waals surface area contributed by atoms with E-state index in [1.807, 2.05) is 6.92 Å². The Hall–Kier alpha value is -1.60. The molecule has 0 aliphatic rings. The van der Waals surface area contributed by atoms with Crippen LogP contribution in [0.1, 0.15) is 19.8 Å². The molecule has 0 aliphatic carbocycles. The Bertz CT molecular complexity index is 584.